The number of nitrogens with zero attached hydrogens (tertiary/aromatic N) is 1. The minimum absolute atomic E-state index is 0.576. The number of likely N-dealkylation sites (N-methyl/N-ethyl adjacent to an activating group) is 1. The van der Waals surface area contributed by atoms with E-state index < -0.39 is 0 Å². The molecule has 0 radical (unpaired) electrons. The largest absolute Gasteiger partial charge is 0.492 e. The van der Waals surface area contributed by atoms with Crippen molar-refractivity contribution < 1.29 is 4.74 Å². The highest BCUT2D eigenvalue weighted by molar-refractivity contribution is 5.28. The lowest BCUT2D eigenvalue weighted by atomic mass is 10.0. The van der Waals surface area contributed by atoms with Crippen molar-refractivity contribution in [2.24, 2.45) is 0 Å². The van der Waals surface area contributed by atoms with Gasteiger partial charge in [-0.15, -0.1) is 0 Å². The summed E-state index contributed by atoms with van der Waals surface area (Å²) in [6.45, 7) is 8.06. The van der Waals surface area contributed by atoms with Gasteiger partial charge in [-0.05, 0) is 37.7 Å². The number of hydrogen-bond acceptors (Lipinski definition) is 3. The standard InChI is InChI=1S/C15H26N2O/c1-13(2)14-5-7-15(8-6-14)18-12-10-16-9-11-17(3)4/h5-8,13,16H,9-12H2,1-4H3. The summed E-state index contributed by atoms with van der Waals surface area (Å²) in [7, 11) is 4.16. The van der Waals surface area contributed by atoms with E-state index in [0.29, 0.717) is 12.5 Å². The SMILES string of the molecule is CC(C)c1ccc(OCCNCCN(C)C)cc1. The van der Waals surface area contributed by atoms with Crippen LogP contribution < -0.4 is 10.1 Å². The van der Waals surface area contributed by atoms with Crippen molar-refractivity contribution in [3.8, 4) is 5.75 Å². The number of nitrogens with one attached hydrogen (secondary N) is 1. The fraction of sp³-hybridized carbons (Fsp3) is 0.600. The van der Waals surface area contributed by atoms with Crippen LogP contribution in [-0.2, 0) is 0 Å². The van der Waals surface area contributed by atoms with Crippen molar-refractivity contribution in [3.05, 3.63) is 29.8 Å². The quantitative estimate of drug-likeness (QED) is 0.717. The molecule has 0 fully saturated rings. The normalized spacial score (nSPS) is 11.2. The first-order chi connectivity index (χ1) is 8.59. The Kier molecular flexibility index (Phi) is 6.76. The molecule has 0 aromatic heterocycles. The Bertz CT molecular complexity index is 320. The first-order valence-corrected chi connectivity index (χ1v) is 6.68. The maximum absolute atomic E-state index is 5.67. The molecular weight excluding hydrogens is 224 g/mol. The minimum atomic E-state index is 0.576. The predicted octanol–water partition coefficient (Wildman–Crippen LogP) is 2.34. The highest BCUT2D eigenvalue weighted by Crippen LogP contribution is 2.18. The van der Waals surface area contributed by atoms with E-state index in [1.807, 2.05) is 0 Å². The topological polar surface area (TPSA) is 24.5 Å². The molecule has 0 aliphatic heterocycles. The van der Waals surface area contributed by atoms with E-state index in [-0.39, 0.29) is 0 Å². The molecule has 1 aromatic carbocycles. The van der Waals surface area contributed by atoms with E-state index in [9.17, 15) is 0 Å². The molecule has 1 rings (SSSR count). The minimum Gasteiger partial charge on any atom is -0.492 e. The number of benzene rings is 1. The van der Waals surface area contributed by atoms with Gasteiger partial charge in [0, 0.05) is 19.6 Å². The van der Waals surface area contributed by atoms with Gasteiger partial charge in [-0.25, -0.2) is 0 Å². The summed E-state index contributed by atoms with van der Waals surface area (Å²) >= 11 is 0. The Morgan fingerprint density at radius 1 is 1.11 bits per heavy atom. The van der Waals surface area contributed by atoms with Crippen molar-refractivity contribution >= 4 is 0 Å². The van der Waals surface area contributed by atoms with Gasteiger partial charge in [0.15, 0.2) is 0 Å². The third kappa shape index (κ3) is 6.03. The molecule has 0 saturated heterocycles. The Morgan fingerprint density at radius 3 is 2.33 bits per heavy atom. The van der Waals surface area contributed by atoms with Crippen LogP contribution in [0.3, 0.4) is 0 Å². The molecule has 0 saturated carbocycles. The molecule has 1 aromatic rings. The summed E-state index contributed by atoms with van der Waals surface area (Å²) in [5.74, 6) is 1.53. The second kappa shape index (κ2) is 8.11. The molecule has 0 heterocycles. The third-order valence-electron chi connectivity index (χ3n) is 2.83. The molecule has 0 bridgehead atoms. The summed E-state index contributed by atoms with van der Waals surface area (Å²) in [5, 5.41) is 3.35. The lowest BCUT2D eigenvalue weighted by molar-refractivity contribution is 0.308. The third-order valence-corrected chi connectivity index (χ3v) is 2.83. The van der Waals surface area contributed by atoms with Gasteiger partial charge in [0.1, 0.15) is 12.4 Å². The molecule has 0 amide bonds. The van der Waals surface area contributed by atoms with Gasteiger partial charge < -0.3 is 15.0 Å². The maximum Gasteiger partial charge on any atom is 0.119 e. The molecule has 0 atom stereocenters. The van der Waals surface area contributed by atoms with Gasteiger partial charge in [-0.3, -0.25) is 0 Å². The van der Waals surface area contributed by atoms with Crippen LogP contribution in [0.1, 0.15) is 25.3 Å². The van der Waals surface area contributed by atoms with Crippen molar-refractivity contribution in [2.75, 3.05) is 40.3 Å². The Labute approximate surface area is 111 Å². The molecule has 0 aliphatic rings. The van der Waals surface area contributed by atoms with Crippen LogP contribution in [0.4, 0.5) is 0 Å². The molecule has 0 aliphatic carbocycles. The smallest absolute Gasteiger partial charge is 0.119 e. The number of hydrogen-bond donors (Lipinski definition) is 1. The number of ether oxygens (including phenoxy) is 1. The van der Waals surface area contributed by atoms with Crippen LogP contribution in [0, 0.1) is 0 Å². The first-order valence-electron chi connectivity index (χ1n) is 6.68. The van der Waals surface area contributed by atoms with Crippen molar-refractivity contribution in [3.63, 3.8) is 0 Å². The van der Waals surface area contributed by atoms with Crippen LogP contribution in [0.5, 0.6) is 5.75 Å². The highest BCUT2D eigenvalue weighted by atomic mass is 16.5. The van der Waals surface area contributed by atoms with Crippen molar-refractivity contribution in [2.45, 2.75) is 19.8 Å². The molecule has 102 valence electrons. The second-order valence-electron chi connectivity index (χ2n) is 5.13. The van der Waals surface area contributed by atoms with E-state index in [1.54, 1.807) is 0 Å². The summed E-state index contributed by atoms with van der Waals surface area (Å²) in [5.41, 5.74) is 1.35. The van der Waals surface area contributed by atoms with E-state index >= 15 is 0 Å². The van der Waals surface area contributed by atoms with Crippen LogP contribution >= 0.6 is 0 Å². The molecule has 3 heteroatoms. The first kappa shape index (κ1) is 15.0. The number of rotatable bonds is 8. The van der Waals surface area contributed by atoms with Crippen LogP contribution in [0.25, 0.3) is 0 Å². The average molecular weight is 250 g/mol. The summed E-state index contributed by atoms with van der Waals surface area (Å²) < 4.78 is 5.67. The zero-order chi connectivity index (χ0) is 13.4. The van der Waals surface area contributed by atoms with Crippen LogP contribution in [0.2, 0.25) is 0 Å². The predicted molar refractivity (Wildman–Crippen MR) is 77.4 cm³/mol. The Hall–Kier alpha value is -1.06. The van der Waals surface area contributed by atoms with E-state index in [2.05, 4.69) is 62.4 Å². The van der Waals surface area contributed by atoms with Gasteiger partial charge in [-0.2, -0.15) is 0 Å². The lowest BCUT2D eigenvalue weighted by Crippen LogP contribution is -2.29. The molecule has 0 spiro atoms. The highest BCUT2D eigenvalue weighted by Gasteiger charge is 1.99. The fourth-order valence-corrected chi connectivity index (χ4v) is 1.62. The zero-order valence-corrected chi connectivity index (χ0v) is 12.1. The molecule has 0 unspecified atom stereocenters. The monoisotopic (exact) mass is 250 g/mol. The maximum atomic E-state index is 5.67. The lowest BCUT2D eigenvalue weighted by Gasteiger charge is -2.11. The van der Waals surface area contributed by atoms with Crippen LogP contribution in [-0.4, -0.2) is 45.2 Å². The van der Waals surface area contributed by atoms with Crippen molar-refractivity contribution in [1.29, 1.82) is 0 Å². The zero-order valence-electron chi connectivity index (χ0n) is 12.1. The Morgan fingerprint density at radius 2 is 1.78 bits per heavy atom. The van der Waals surface area contributed by atoms with Gasteiger partial charge in [0.25, 0.3) is 0 Å². The molecular formula is C15H26N2O. The van der Waals surface area contributed by atoms with E-state index in [0.717, 1.165) is 25.4 Å². The summed E-state index contributed by atoms with van der Waals surface area (Å²) in [6.07, 6.45) is 0. The van der Waals surface area contributed by atoms with E-state index in [1.165, 1.54) is 5.56 Å². The second-order valence-corrected chi connectivity index (χ2v) is 5.13. The molecule has 3 nitrogen and oxygen atoms in total. The Balaban J connectivity index is 2.15. The molecule has 18 heavy (non-hydrogen) atoms. The van der Waals surface area contributed by atoms with Gasteiger partial charge >= 0.3 is 0 Å². The fourth-order valence-electron chi connectivity index (χ4n) is 1.62. The summed E-state index contributed by atoms with van der Waals surface area (Å²) in [4.78, 5) is 2.17. The van der Waals surface area contributed by atoms with E-state index in [4.69, 9.17) is 4.74 Å². The van der Waals surface area contributed by atoms with Gasteiger partial charge in [0.2, 0.25) is 0 Å². The molecule has 1 N–H and O–H groups in total. The van der Waals surface area contributed by atoms with Crippen LogP contribution in [0.15, 0.2) is 24.3 Å². The summed E-state index contributed by atoms with van der Waals surface area (Å²) in [6, 6.07) is 8.38. The average Bonchev–Trinajstić information content (AvgIpc) is 2.34. The van der Waals surface area contributed by atoms with Gasteiger partial charge in [-0.1, -0.05) is 26.0 Å². The van der Waals surface area contributed by atoms with Gasteiger partial charge in [0.05, 0.1) is 0 Å². The van der Waals surface area contributed by atoms with Crippen molar-refractivity contribution in [1.82, 2.24) is 10.2 Å².